The van der Waals surface area contributed by atoms with E-state index < -0.39 is 5.97 Å². The molecule has 1 aliphatic rings. The lowest BCUT2D eigenvalue weighted by Gasteiger charge is -2.11. The molecule has 0 spiro atoms. The largest absolute Gasteiger partial charge is 0.490 e. The Kier molecular flexibility index (Phi) is 3.14. The van der Waals surface area contributed by atoms with Crippen LogP contribution in [0.15, 0.2) is 36.5 Å². The van der Waals surface area contributed by atoms with Gasteiger partial charge in [-0.2, -0.15) is 0 Å². The van der Waals surface area contributed by atoms with E-state index in [-0.39, 0.29) is 11.7 Å². The van der Waals surface area contributed by atoms with E-state index in [1.54, 1.807) is 24.4 Å². The van der Waals surface area contributed by atoms with Crippen LogP contribution in [0.25, 0.3) is 11.3 Å². The van der Waals surface area contributed by atoms with E-state index in [2.05, 4.69) is 4.98 Å². The Balaban J connectivity index is 2.05. The number of carboxylic acid groups (broad SMARTS) is 1. The number of carboxylic acids is 1. The summed E-state index contributed by atoms with van der Waals surface area (Å²) in [4.78, 5) is 15.5. The lowest BCUT2D eigenvalue weighted by Crippen LogP contribution is -2.02. The smallest absolute Gasteiger partial charge is 0.335 e. The molecule has 102 valence electrons. The fourth-order valence-corrected chi connectivity index (χ4v) is 1.96. The minimum atomic E-state index is -0.948. The summed E-state index contributed by atoms with van der Waals surface area (Å²) in [6, 6.07) is 8.75. The highest BCUT2D eigenvalue weighted by molar-refractivity contribution is 5.90. The van der Waals surface area contributed by atoms with Crippen molar-refractivity contribution in [1.82, 2.24) is 4.98 Å². The fourth-order valence-electron chi connectivity index (χ4n) is 1.96. The first-order valence-electron chi connectivity index (χ1n) is 6.60. The third kappa shape index (κ3) is 2.64. The molecule has 0 amide bonds. The molecule has 3 rings (SSSR count). The number of aromatic nitrogens is 1. The van der Waals surface area contributed by atoms with E-state index in [1.807, 2.05) is 19.1 Å². The second-order valence-corrected chi connectivity index (χ2v) is 5.05. The molecule has 2 aromatic rings. The van der Waals surface area contributed by atoms with E-state index in [1.165, 1.54) is 0 Å². The van der Waals surface area contributed by atoms with Crippen LogP contribution in [0, 0.1) is 6.92 Å². The Morgan fingerprint density at radius 3 is 2.70 bits per heavy atom. The summed E-state index contributed by atoms with van der Waals surface area (Å²) in [5.41, 5.74) is 2.77. The Morgan fingerprint density at radius 2 is 2.10 bits per heavy atom. The van der Waals surface area contributed by atoms with Crippen LogP contribution >= 0.6 is 0 Å². The highest BCUT2D eigenvalue weighted by Gasteiger charge is 2.25. The quantitative estimate of drug-likeness (QED) is 0.925. The van der Waals surface area contributed by atoms with Gasteiger partial charge in [0.25, 0.3) is 0 Å². The van der Waals surface area contributed by atoms with E-state index in [9.17, 15) is 4.79 Å². The van der Waals surface area contributed by atoms with Gasteiger partial charge in [0.2, 0.25) is 0 Å². The van der Waals surface area contributed by atoms with Crippen LogP contribution in [0.3, 0.4) is 0 Å². The molecular weight excluding hydrogens is 254 g/mol. The van der Waals surface area contributed by atoms with Gasteiger partial charge in [-0.05, 0) is 49.6 Å². The number of aromatic carboxylic acids is 1. The van der Waals surface area contributed by atoms with Gasteiger partial charge in [0.05, 0.1) is 17.4 Å². The predicted molar refractivity (Wildman–Crippen MR) is 75.0 cm³/mol. The molecule has 0 unspecified atom stereocenters. The van der Waals surface area contributed by atoms with Crippen LogP contribution in [0.4, 0.5) is 0 Å². The molecule has 20 heavy (non-hydrogen) atoms. The summed E-state index contributed by atoms with van der Waals surface area (Å²) in [6.45, 7) is 1.96. The number of nitrogens with zero attached hydrogens (tertiary/aromatic N) is 1. The topological polar surface area (TPSA) is 59.4 Å². The molecule has 1 aromatic heterocycles. The number of benzene rings is 1. The summed E-state index contributed by atoms with van der Waals surface area (Å²) in [7, 11) is 0. The first-order valence-corrected chi connectivity index (χ1v) is 6.60. The van der Waals surface area contributed by atoms with Crippen molar-refractivity contribution >= 4 is 5.97 Å². The molecule has 4 nitrogen and oxygen atoms in total. The first kappa shape index (κ1) is 12.7. The SMILES string of the molecule is Cc1ccc(-c2cc(C(=O)O)ccc2OC2CC2)nc1. The van der Waals surface area contributed by atoms with Gasteiger partial charge in [-0.3, -0.25) is 4.98 Å². The molecule has 1 fully saturated rings. The van der Waals surface area contributed by atoms with Crippen LogP contribution in [0.1, 0.15) is 28.8 Å². The van der Waals surface area contributed by atoms with Crippen molar-refractivity contribution in [2.75, 3.05) is 0 Å². The number of hydrogen-bond donors (Lipinski definition) is 1. The minimum absolute atomic E-state index is 0.241. The zero-order valence-electron chi connectivity index (χ0n) is 11.2. The van der Waals surface area contributed by atoms with Crippen molar-refractivity contribution in [2.24, 2.45) is 0 Å². The van der Waals surface area contributed by atoms with Crippen molar-refractivity contribution in [1.29, 1.82) is 0 Å². The van der Waals surface area contributed by atoms with Gasteiger partial charge in [-0.15, -0.1) is 0 Å². The summed E-state index contributed by atoms with van der Waals surface area (Å²) < 4.78 is 5.84. The van der Waals surface area contributed by atoms with Crippen LogP contribution in [-0.4, -0.2) is 22.2 Å². The molecule has 4 heteroatoms. The van der Waals surface area contributed by atoms with Crippen molar-refractivity contribution in [3.63, 3.8) is 0 Å². The number of aryl methyl sites for hydroxylation is 1. The van der Waals surface area contributed by atoms with E-state index in [4.69, 9.17) is 9.84 Å². The molecule has 0 radical (unpaired) electrons. The van der Waals surface area contributed by atoms with Crippen LogP contribution in [0.2, 0.25) is 0 Å². The van der Waals surface area contributed by atoms with Gasteiger partial charge >= 0.3 is 5.97 Å². The highest BCUT2D eigenvalue weighted by Crippen LogP contribution is 2.34. The molecule has 1 saturated carbocycles. The van der Waals surface area contributed by atoms with Crippen molar-refractivity contribution in [3.05, 3.63) is 47.7 Å². The number of hydrogen-bond acceptors (Lipinski definition) is 3. The van der Waals surface area contributed by atoms with Gasteiger partial charge in [-0.1, -0.05) is 6.07 Å². The highest BCUT2D eigenvalue weighted by atomic mass is 16.5. The third-order valence-corrected chi connectivity index (χ3v) is 3.23. The van der Waals surface area contributed by atoms with Crippen LogP contribution in [0.5, 0.6) is 5.75 Å². The number of pyridine rings is 1. The van der Waals surface area contributed by atoms with Crippen molar-refractivity contribution in [3.8, 4) is 17.0 Å². The average Bonchev–Trinajstić information content (AvgIpc) is 3.24. The van der Waals surface area contributed by atoms with Gasteiger partial charge in [0, 0.05) is 11.8 Å². The summed E-state index contributed by atoms with van der Waals surface area (Å²) >= 11 is 0. The van der Waals surface area contributed by atoms with Crippen LogP contribution < -0.4 is 4.74 Å². The van der Waals surface area contributed by atoms with Gasteiger partial charge in [-0.25, -0.2) is 4.79 Å². The maximum Gasteiger partial charge on any atom is 0.335 e. The molecule has 0 atom stereocenters. The Hall–Kier alpha value is -2.36. The van der Waals surface area contributed by atoms with Gasteiger partial charge < -0.3 is 9.84 Å². The van der Waals surface area contributed by atoms with E-state index in [0.29, 0.717) is 5.75 Å². The zero-order chi connectivity index (χ0) is 14.1. The van der Waals surface area contributed by atoms with E-state index >= 15 is 0 Å². The predicted octanol–water partition coefficient (Wildman–Crippen LogP) is 3.30. The average molecular weight is 269 g/mol. The Labute approximate surface area is 117 Å². The molecule has 1 aliphatic carbocycles. The second kappa shape index (κ2) is 4.96. The molecular formula is C16H15NO3. The van der Waals surface area contributed by atoms with Gasteiger partial charge in [0.1, 0.15) is 5.75 Å². The maximum atomic E-state index is 11.1. The Bertz CT molecular complexity index is 645. The molecule has 1 heterocycles. The van der Waals surface area contributed by atoms with Crippen molar-refractivity contribution in [2.45, 2.75) is 25.9 Å². The lowest BCUT2D eigenvalue weighted by atomic mass is 10.1. The van der Waals surface area contributed by atoms with E-state index in [0.717, 1.165) is 29.7 Å². The zero-order valence-corrected chi connectivity index (χ0v) is 11.2. The normalized spacial score (nSPS) is 14.1. The molecule has 1 N–H and O–H groups in total. The standard InChI is InChI=1S/C16H15NO3/c1-10-2-6-14(17-9-10)13-8-11(16(18)19)3-7-15(13)20-12-4-5-12/h2-3,6-9,12H,4-5H2,1H3,(H,18,19). The summed E-state index contributed by atoms with van der Waals surface area (Å²) in [5, 5.41) is 9.12. The molecule has 0 bridgehead atoms. The third-order valence-electron chi connectivity index (χ3n) is 3.23. The second-order valence-electron chi connectivity index (χ2n) is 5.05. The molecule has 0 saturated heterocycles. The van der Waals surface area contributed by atoms with Crippen LogP contribution in [-0.2, 0) is 0 Å². The first-order chi connectivity index (χ1) is 9.63. The monoisotopic (exact) mass is 269 g/mol. The number of carbonyl (C=O) groups is 1. The fraction of sp³-hybridized carbons (Fsp3) is 0.250. The summed E-state index contributed by atoms with van der Waals surface area (Å²) in [6.07, 6.45) is 4.14. The molecule has 1 aromatic carbocycles. The van der Waals surface area contributed by atoms with Gasteiger partial charge in [0.15, 0.2) is 0 Å². The number of rotatable bonds is 4. The maximum absolute atomic E-state index is 11.1. The minimum Gasteiger partial charge on any atom is -0.490 e. The lowest BCUT2D eigenvalue weighted by molar-refractivity contribution is 0.0697. The Morgan fingerprint density at radius 1 is 1.30 bits per heavy atom. The molecule has 0 aliphatic heterocycles. The number of ether oxygens (including phenoxy) is 1. The summed E-state index contributed by atoms with van der Waals surface area (Å²) in [5.74, 6) is -0.245. The van der Waals surface area contributed by atoms with Crippen molar-refractivity contribution < 1.29 is 14.6 Å².